The van der Waals surface area contributed by atoms with Crippen LogP contribution < -0.4 is 0 Å². The van der Waals surface area contributed by atoms with Gasteiger partial charge in [-0.25, -0.2) is 9.59 Å². The van der Waals surface area contributed by atoms with Gasteiger partial charge in [0.25, 0.3) is 5.60 Å². The molecule has 1 aromatic carbocycles. The summed E-state index contributed by atoms with van der Waals surface area (Å²) in [5, 5.41) is 0. The van der Waals surface area contributed by atoms with E-state index in [0.29, 0.717) is 0 Å². The average Bonchev–Trinajstić information content (AvgIpc) is 2.61. The minimum absolute atomic E-state index is 0.0750. The highest BCUT2D eigenvalue weighted by Crippen LogP contribution is 2.34. The molecule has 0 N–H and O–H groups in total. The SMILES string of the molecule is COC(=O)C1(C(=O)OC)OC/C=C\COC1C(C)c1ccccc1. The van der Waals surface area contributed by atoms with Crippen LogP contribution in [0.2, 0.25) is 0 Å². The van der Waals surface area contributed by atoms with Crippen molar-refractivity contribution in [2.24, 2.45) is 0 Å². The number of methoxy groups -OCH3 is 2. The Bertz CT molecular complexity index is 579. The monoisotopic (exact) mass is 334 g/mol. The minimum Gasteiger partial charge on any atom is -0.466 e. The number of benzene rings is 1. The van der Waals surface area contributed by atoms with Gasteiger partial charge >= 0.3 is 11.9 Å². The quantitative estimate of drug-likeness (QED) is 0.475. The maximum absolute atomic E-state index is 12.5. The maximum atomic E-state index is 12.5. The average molecular weight is 334 g/mol. The Kier molecular flexibility index (Phi) is 6.11. The molecule has 6 heteroatoms. The third-order valence-electron chi connectivity index (χ3n) is 4.10. The first-order valence-corrected chi connectivity index (χ1v) is 7.70. The van der Waals surface area contributed by atoms with Crippen LogP contribution in [0, 0.1) is 0 Å². The van der Waals surface area contributed by atoms with Crippen LogP contribution in [0.5, 0.6) is 0 Å². The van der Waals surface area contributed by atoms with Crippen molar-refractivity contribution in [3.05, 3.63) is 48.0 Å². The molecule has 0 spiro atoms. The van der Waals surface area contributed by atoms with E-state index >= 15 is 0 Å². The van der Waals surface area contributed by atoms with Crippen molar-refractivity contribution in [3.8, 4) is 0 Å². The van der Waals surface area contributed by atoms with Crippen molar-refractivity contribution in [2.75, 3.05) is 27.4 Å². The Morgan fingerprint density at radius 2 is 1.67 bits per heavy atom. The van der Waals surface area contributed by atoms with Gasteiger partial charge in [-0.1, -0.05) is 49.4 Å². The molecule has 6 nitrogen and oxygen atoms in total. The summed E-state index contributed by atoms with van der Waals surface area (Å²) in [7, 11) is 2.41. The molecule has 0 aromatic heterocycles. The summed E-state index contributed by atoms with van der Waals surface area (Å²) >= 11 is 0. The largest absolute Gasteiger partial charge is 0.466 e. The number of rotatable bonds is 4. The first-order valence-electron chi connectivity index (χ1n) is 7.70. The van der Waals surface area contributed by atoms with Crippen LogP contribution in [-0.2, 0) is 28.5 Å². The predicted octanol–water partition coefficient (Wildman–Crippen LogP) is 1.85. The van der Waals surface area contributed by atoms with Crippen LogP contribution >= 0.6 is 0 Å². The second kappa shape index (κ2) is 8.08. The Hall–Kier alpha value is -2.18. The molecule has 1 aliphatic heterocycles. The highest BCUT2D eigenvalue weighted by molar-refractivity contribution is 6.04. The number of esters is 2. The number of carbonyl (C=O) groups is 2. The summed E-state index contributed by atoms with van der Waals surface area (Å²) in [5.41, 5.74) is -1.07. The topological polar surface area (TPSA) is 71.1 Å². The summed E-state index contributed by atoms with van der Waals surface area (Å²) in [6.45, 7) is 2.20. The summed E-state index contributed by atoms with van der Waals surface area (Å²) < 4.78 is 21.2. The van der Waals surface area contributed by atoms with Gasteiger partial charge in [-0.2, -0.15) is 0 Å². The third kappa shape index (κ3) is 3.34. The van der Waals surface area contributed by atoms with Crippen molar-refractivity contribution in [2.45, 2.75) is 24.5 Å². The van der Waals surface area contributed by atoms with Crippen molar-refractivity contribution in [1.29, 1.82) is 0 Å². The van der Waals surface area contributed by atoms with Crippen LogP contribution in [0.15, 0.2) is 42.5 Å². The van der Waals surface area contributed by atoms with Gasteiger partial charge in [0, 0.05) is 5.92 Å². The van der Waals surface area contributed by atoms with Crippen molar-refractivity contribution < 1.29 is 28.5 Å². The van der Waals surface area contributed by atoms with Gasteiger partial charge in [-0.15, -0.1) is 0 Å². The van der Waals surface area contributed by atoms with Gasteiger partial charge in [0.05, 0.1) is 27.4 Å². The second-order valence-corrected chi connectivity index (χ2v) is 5.45. The molecule has 0 saturated carbocycles. The molecule has 24 heavy (non-hydrogen) atoms. The molecule has 0 radical (unpaired) electrons. The Morgan fingerprint density at radius 1 is 1.08 bits per heavy atom. The molecule has 1 aliphatic rings. The van der Waals surface area contributed by atoms with E-state index in [9.17, 15) is 9.59 Å². The van der Waals surface area contributed by atoms with Gasteiger partial charge in [0.2, 0.25) is 0 Å². The molecule has 2 atom stereocenters. The van der Waals surface area contributed by atoms with E-state index in [1.165, 1.54) is 14.2 Å². The van der Waals surface area contributed by atoms with Gasteiger partial charge in [-0.3, -0.25) is 0 Å². The second-order valence-electron chi connectivity index (χ2n) is 5.45. The lowest BCUT2D eigenvalue weighted by Crippen LogP contribution is -2.61. The number of hydrogen-bond acceptors (Lipinski definition) is 6. The lowest BCUT2D eigenvalue weighted by atomic mass is 9.83. The summed E-state index contributed by atoms with van der Waals surface area (Å²) in [5.74, 6) is -1.98. The summed E-state index contributed by atoms with van der Waals surface area (Å²) in [6.07, 6.45) is 2.57. The first-order chi connectivity index (χ1) is 11.6. The predicted molar refractivity (Wildman–Crippen MR) is 86.5 cm³/mol. The molecular formula is C18H22O6. The van der Waals surface area contributed by atoms with Crippen molar-refractivity contribution >= 4 is 11.9 Å². The van der Waals surface area contributed by atoms with E-state index in [1.807, 2.05) is 37.3 Å². The molecule has 2 rings (SSSR count). The molecule has 2 unspecified atom stereocenters. The molecule has 0 saturated heterocycles. The molecule has 1 aromatic rings. The van der Waals surface area contributed by atoms with E-state index in [-0.39, 0.29) is 19.1 Å². The Labute approximate surface area is 141 Å². The molecule has 130 valence electrons. The number of hydrogen-bond donors (Lipinski definition) is 0. The van der Waals surface area contributed by atoms with E-state index in [2.05, 4.69) is 0 Å². The zero-order valence-electron chi connectivity index (χ0n) is 14.1. The maximum Gasteiger partial charge on any atom is 0.352 e. The lowest BCUT2D eigenvalue weighted by molar-refractivity contribution is -0.208. The fraction of sp³-hybridized carbons (Fsp3) is 0.444. The van der Waals surface area contributed by atoms with Gasteiger partial charge in [0.1, 0.15) is 6.10 Å². The highest BCUT2D eigenvalue weighted by Gasteiger charge is 2.59. The third-order valence-corrected chi connectivity index (χ3v) is 4.10. The van der Waals surface area contributed by atoms with Crippen LogP contribution in [0.3, 0.4) is 0 Å². The Balaban J connectivity index is 2.53. The fourth-order valence-corrected chi connectivity index (χ4v) is 2.84. The molecule has 0 bridgehead atoms. The lowest BCUT2D eigenvalue weighted by Gasteiger charge is -2.38. The highest BCUT2D eigenvalue weighted by atomic mass is 16.6. The molecule has 0 amide bonds. The molecule has 0 aliphatic carbocycles. The summed E-state index contributed by atoms with van der Waals surface area (Å²) in [4.78, 5) is 25.1. The standard InChI is InChI=1S/C18H22O6/c1-13(14-9-5-4-6-10-14)15-18(16(19)21-2,17(20)22-3)24-12-8-7-11-23-15/h4-10,13,15H,11-12H2,1-3H3/b8-7-. The number of carbonyl (C=O) groups excluding carboxylic acids is 2. The fourth-order valence-electron chi connectivity index (χ4n) is 2.84. The van der Waals surface area contributed by atoms with Gasteiger partial charge in [0.15, 0.2) is 0 Å². The van der Waals surface area contributed by atoms with Crippen molar-refractivity contribution in [3.63, 3.8) is 0 Å². The smallest absolute Gasteiger partial charge is 0.352 e. The molecule has 0 fully saturated rings. The zero-order valence-corrected chi connectivity index (χ0v) is 14.1. The van der Waals surface area contributed by atoms with Crippen LogP contribution in [0.25, 0.3) is 0 Å². The first kappa shape index (κ1) is 18.2. The van der Waals surface area contributed by atoms with E-state index in [0.717, 1.165) is 5.56 Å². The van der Waals surface area contributed by atoms with E-state index in [1.54, 1.807) is 12.2 Å². The molecule has 1 heterocycles. The van der Waals surface area contributed by atoms with Crippen LogP contribution in [0.1, 0.15) is 18.4 Å². The molecular weight excluding hydrogens is 312 g/mol. The van der Waals surface area contributed by atoms with Crippen LogP contribution in [-0.4, -0.2) is 51.1 Å². The van der Waals surface area contributed by atoms with Crippen molar-refractivity contribution in [1.82, 2.24) is 0 Å². The van der Waals surface area contributed by atoms with E-state index < -0.39 is 23.6 Å². The zero-order chi connectivity index (χ0) is 17.6. The van der Waals surface area contributed by atoms with Crippen LogP contribution in [0.4, 0.5) is 0 Å². The minimum atomic E-state index is -1.98. The number of ether oxygens (including phenoxy) is 4. The van der Waals surface area contributed by atoms with Gasteiger partial charge in [-0.05, 0) is 5.56 Å². The van der Waals surface area contributed by atoms with E-state index in [4.69, 9.17) is 18.9 Å². The van der Waals surface area contributed by atoms with Gasteiger partial charge < -0.3 is 18.9 Å². The summed E-state index contributed by atoms with van der Waals surface area (Å²) in [6, 6.07) is 9.47. The Morgan fingerprint density at radius 3 is 2.25 bits per heavy atom. The normalized spacial score (nSPS) is 22.5.